The molecule has 0 aliphatic rings. The number of hydrogen-bond donors (Lipinski definition) is 14. The molecule has 16 N–H and O–H groups in total. The molecular weight excluding hydrogens is 1110 g/mol. The van der Waals surface area contributed by atoms with Crippen molar-refractivity contribution in [1.29, 1.82) is 0 Å². The van der Waals surface area contributed by atoms with Crippen LogP contribution in [0.2, 0.25) is 0 Å². The molecule has 0 radical (unpaired) electrons. The van der Waals surface area contributed by atoms with Crippen LogP contribution in [0.1, 0.15) is 125 Å². The van der Waals surface area contributed by atoms with Crippen molar-refractivity contribution >= 4 is 27.9 Å². The molecule has 0 aromatic heterocycles. The zero-order valence-corrected chi connectivity index (χ0v) is 50.9. The predicted octanol–water partition coefficient (Wildman–Crippen LogP) is 5.57. The predicted molar refractivity (Wildman–Crippen MR) is 334 cm³/mol. The standard InChI is InChI=1S/C64H101N3O17S/c1-46(50(5)68)28-20-16-12-11-13-17-21-29-47(2)63(80)49(4)60(78)37-22-18-14-9-7-6-8-10-15-19-23-38-62(84-85(81,82)83)48(3)61(79)45-59(77)44-56(74)35-26-34-55(73)43-58(76)42-54(72)33-25-32-52(70)40-51(69)30-24-31-53(71)41-57(75)36-27-39-67-64(65)66/h6-12,14-16,18-26,28-30,33,35,37,47-49,51-60,62-63,69-78,80H,13,17,27,31-32,34,36,38-45H2,1-5H3,(H4,65,66,67)(H,81,82,83)/b8-6+,9-7+,12-11+,15-10+,18-14+,20-16+,23-19+,29-21+,30-24+,33-25+,35-26+,37-22+,46-28+. The van der Waals surface area contributed by atoms with E-state index >= 15 is 0 Å². The molecule has 0 fully saturated rings. The van der Waals surface area contributed by atoms with E-state index in [1.807, 2.05) is 43.4 Å². The van der Waals surface area contributed by atoms with Gasteiger partial charge in [0.2, 0.25) is 0 Å². The number of aliphatic imine (C=N–C) groups is 1. The topological polar surface area (TPSA) is 385 Å². The molecule has 0 aromatic carbocycles. The fraction of sp³-hybridized carbons (Fsp3) is 0.547. The number of nitrogens with two attached hydrogens (primary N) is 2. The van der Waals surface area contributed by atoms with Crippen molar-refractivity contribution in [3.63, 3.8) is 0 Å². The lowest BCUT2D eigenvalue weighted by atomic mass is 9.88. The third-order valence-electron chi connectivity index (χ3n) is 13.3. The Kier molecular flexibility index (Phi) is 44.8. The molecule has 0 saturated heterocycles. The van der Waals surface area contributed by atoms with Crippen molar-refractivity contribution in [3.05, 3.63) is 157 Å². The molecule has 480 valence electrons. The van der Waals surface area contributed by atoms with Crippen LogP contribution >= 0.6 is 0 Å². The van der Waals surface area contributed by atoms with Crippen LogP contribution in [0, 0.1) is 17.8 Å². The molecule has 0 aliphatic carbocycles. The Morgan fingerprint density at radius 1 is 0.518 bits per heavy atom. The van der Waals surface area contributed by atoms with Gasteiger partial charge in [-0.25, -0.2) is 4.18 Å². The molecule has 0 amide bonds. The molecule has 0 aromatic rings. The van der Waals surface area contributed by atoms with Crippen LogP contribution in [0.15, 0.2) is 162 Å². The number of carbonyl (C=O) groups excluding carboxylic acids is 2. The Balaban J connectivity index is 4.79. The minimum absolute atomic E-state index is 0.00424. The number of guanidine groups is 1. The van der Waals surface area contributed by atoms with Crippen LogP contribution in [-0.2, 0) is 24.2 Å². The smallest absolute Gasteiger partial charge is 0.393 e. The van der Waals surface area contributed by atoms with Crippen LogP contribution in [0.3, 0.4) is 0 Å². The SMILES string of the molecule is CC(=O)/C(C)=C/C=C/C=C/CC/C=C/C(C)C(O)C(C)C(O)/C=C/C=C/C=C/C=C/C=C/C=C/CC(OS(=O)(=O)O)C(C)C(=O)CC(O)CC(O)/C=C/CC(O)CC(O)CC(O)/C=C/CC(O)CC(O)/C=C/CC(O)CC(O)CCCN=C(N)N. The highest BCUT2D eigenvalue weighted by molar-refractivity contribution is 7.80. The number of aliphatic hydroxyl groups is 11. The second-order valence-corrected chi connectivity index (χ2v) is 22.3. The average Bonchev–Trinajstić information content (AvgIpc) is 3.61. The molecule has 0 spiro atoms. The summed E-state index contributed by atoms with van der Waals surface area (Å²) in [6, 6.07) is 0. The van der Waals surface area contributed by atoms with E-state index < -0.39 is 108 Å². The number of unbranched alkanes of at least 4 members (excludes halogenated alkanes) is 1. The number of rotatable bonds is 47. The first kappa shape index (κ1) is 79.7. The van der Waals surface area contributed by atoms with Gasteiger partial charge in [0.1, 0.15) is 5.78 Å². The normalized spacial score (nSPS) is 19.0. The molecular formula is C64H101N3O17S. The minimum atomic E-state index is -4.95. The second kappa shape index (κ2) is 47.8. The zero-order valence-electron chi connectivity index (χ0n) is 50.1. The Hall–Kier alpha value is -5.34. The van der Waals surface area contributed by atoms with E-state index in [1.165, 1.54) is 44.2 Å². The van der Waals surface area contributed by atoms with Gasteiger partial charge in [0.25, 0.3) is 0 Å². The first-order chi connectivity index (χ1) is 40.1. The average molecular weight is 1220 g/mol. The first-order valence-electron chi connectivity index (χ1n) is 29.0. The maximum Gasteiger partial charge on any atom is 0.397 e. The van der Waals surface area contributed by atoms with Gasteiger partial charge in [0.05, 0.1) is 73.2 Å². The number of Topliss-reactive ketones (excluding diaryl/α,β-unsaturated/α-hetero) is 2. The summed E-state index contributed by atoms with van der Waals surface area (Å²) in [6.45, 7) is 8.75. The van der Waals surface area contributed by atoms with Crippen LogP contribution in [0.4, 0.5) is 0 Å². The summed E-state index contributed by atoms with van der Waals surface area (Å²) in [5.74, 6) is -2.24. The Morgan fingerprint density at radius 3 is 1.51 bits per heavy atom. The summed E-state index contributed by atoms with van der Waals surface area (Å²) < 4.78 is 37.4. The van der Waals surface area contributed by atoms with E-state index in [0.29, 0.717) is 25.0 Å². The molecule has 85 heavy (non-hydrogen) atoms. The maximum absolute atomic E-state index is 13.1. The van der Waals surface area contributed by atoms with E-state index in [2.05, 4.69) is 4.99 Å². The van der Waals surface area contributed by atoms with E-state index in [1.54, 1.807) is 98.9 Å². The summed E-state index contributed by atoms with van der Waals surface area (Å²) >= 11 is 0. The number of carbonyl (C=O) groups is 2. The fourth-order valence-electron chi connectivity index (χ4n) is 8.12. The van der Waals surface area contributed by atoms with Gasteiger partial charge in [-0.15, -0.1) is 0 Å². The van der Waals surface area contributed by atoms with Gasteiger partial charge < -0.3 is 67.6 Å². The zero-order chi connectivity index (χ0) is 64.2. The first-order valence-corrected chi connectivity index (χ1v) is 30.4. The summed E-state index contributed by atoms with van der Waals surface area (Å²) in [6.07, 6.45) is 31.9. The summed E-state index contributed by atoms with van der Waals surface area (Å²) in [5, 5.41) is 114. The molecule has 20 nitrogen and oxygen atoms in total. The minimum Gasteiger partial charge on any atom is -0.393 e. The van der Waals surface area contributed by atoms with Gasteiger partial charge in [-0.1, -0.05) is 173 Å². The fourth-order valence-corrected chi connectivity index (χ4v) is 8.68. The monoisotopic (exact) mass is 1220 g/mol. The van der Waals surface area contributed by atoms with Crippen molar-refractivity contribution in [2.45, 2.75) is 198 Å². The number of aliphatic hydroxyl groups excluding tert-OH is 11. The summed E-state index contributed by atoms with van der Waals surface area (Å²) in [7, 11) is -4.95. The summed E-state index contributed by atoms with van der Waals surface area (Å²) in [5.41, 5.74) is 11.2. The maximum atomic E-state index is 13.1. The second-order valence-electron chi connectivity index (χ2n) is 21.3. The molecule has 15 unspecified atom stereocenters. The molecule has 0 heterocycles. The number of hydrogen-bond acceptors (Lipinski definition) is 17. The lowest BCUT2D eigenvalue weighted by Crippen LogP contribution is -2.32. The van der Waals surface area contributed by atoms with Crippen LogP contribution in [0.25, 0.3) is 0 Å². The van der Waals surface area contributed by atoms with Gasteiger partial charge in [0.15, 0.2) is 11.7 Å². The van der Waals surface area contributed by atoms with Crippen LogP contribution in [-0.4, -0.2) is 166 Å². The van der Waals surface area contributed by atoms with Gasteiger partial charge in [-0.05, 0) is 83.6 Å². The van der Waals surface area contributed by atoms with Gasteiger partial charge >= 0.3 is 10.4 Å². The van der Waals surface area contributed by atoms with Crippen LogP contribution in [0.5, 0.6) is 0 Å². The van der Waals surface area contributed by atoms with Gasteiger partial charge in [-0.3, -0.25) is 19.1 Å². The van der Waals surface area contributed by atoms with Crippen molar-refractivity contribution in [1.82, 2.24) is 0 Å². The number of ketones is 2. The molecule has 0 aliphatic heterocycles. The summed E-state index contributed by atoms with van der Waals surface area (Å²) in [4.78, 5) is 28.1. The largest absolute Gasteiger partial charge is 0.397 e. The highest BCUT2D eigenvalue weighted by Crippen LogP contribution is 2.21. The van der Waals surface area contributed by atoms with E-state index in [4.69, 9.17) is 15.7 Å². The quantitative estimate of drug-likeness (QED) is 0.00674. The van der Waals surface area contributed by atoms with Crippen molar-refractivity contribution in [3.8, 4) is 0 Å². The molecule has 0 saturated carbocycles. The molecule has 15 atom stereocenters. The third kappa shape index (κ3) is 45.6. The molecule has 0 rings (SSSR count). The van der Waals surface area contributed by atoms with Gasteiger partial charge in [0, 0.05) is 50.0 Å². The third-order valence-corrected chi connectivity index (χ3v) is 13.8. The van der Waals surface area contributed by atoms with Gasteiger partial charge in [-0.2, -0.15) is 8.42 Å². The van der Waals surface area contributed by atoms with E-state index in [9.17, 15) is 78.7 Å². The Morgan fingerprint density at radius 2 is 0.976 bits per heavy atom. The van der Waals surface area contributed by atoms with Crippen molar-refractivity contribution in [2.75, 3.05) is 6.54 Å². The molecule has 21 heteroatoms. The van der Waals surface area contributed by atoms with E-state index in [-0.39, 0.29) is 75.4 Å². The molecule has 0 bridgehead atoms. The Bertz CT molecular complexity index is 2400. The number of allylic oxidation sites excluding steroid dienone is 17. The van der Waals surface area contributed by atoms with Crippen molar-refractivity contribution in [2.24, 2.45) is 34.2 Å². The van der Waals surface area contributed by atoms with E-state index in [0.717, 1.165) is 12.8 Å². The Labute approximate surface area is 504 Å². The highest BCUT2D eigenvalue weighted by Gasteiger charge is 2.30. The van der Waals surface area contributed by atoms with Crippen molar-refractivity contribution < 1.29 is 82.9 Å². The lowest BCUT2D eigenvalue weighted by Gasteiger charge is -2.25. The lowest BCUT2D eigenvalue weighted by molar-refractivity contribution is -0.127. The number of nitrogens with zero attached hydrogens (tertiary/aromatic N) is 1. The highest BCUT2D eigenvalue weighted by atomic mass is 32.3. The van der Waals surface area contributed by atoms with Crippen LogP contribution < -0.4 is 11.5 Å².